The molecule has 0 aliphatic carbocycles. The molecule has 4 heteroatoms. The third-order valence-corrected chi connectivity index (χ3v) is 10.0. The maximum Gasteiger partial charge on any atom is 0.0705 e. The van der Waals surface area contributed by atoms with Gasteiger partial charge in [0.1, 0.15) is 0 Å². The van der Waals surface area contributed by atoms with Crippen LogP contribution in [0.4, 0.5) is 5.69 Å². The molecule has 0 saturated heterocycles. The minimum Gasteiger partial charge on any atom is -0.398 e. The van der Waals surface area contributed by atoms with Gasteiger partial charge in [-0.1, -0.05) is 133 Å². The Morgan fingerprint density at radius 1 is 0.460 bits per heavy atom. The van der Waals surface area contributed by atoms with Crippen LogP contribution in [0.2, 0.25) is 0 Å². The Morgan fingerprint density at radius 3 is 1.76 bits per heavy atom. The van der Waals surface area contributed by atoms with Crippen LogP contribution in [0.3, 0.4) is 0 Å². The molecule has 238 valence electrons. The van der Waals surface area contributed by atoms with Crippen LogP contribution in [0.5, 0.6) is 0 Å². The Morgan fingerprint density at radius 2 is 1.00 bits per heavy atom. The van der Waals surface area contributed by atoms with Gasteiger partial charge in [-0.2, -0.15) is 0 Å². The number of nitrogens with one attached hydrogen (secondary N) is 1. The van der Waals surface area contributed by atoms with E-state index in [1.165, 1.54) is 70.8 Å². The second-order valence-electron chi connectivity index (χ2n) is 12.8. The fraction of sp³-hybridized carbons (Fsp3) is 0.0217. The fourth-order valence-electron chi connectivity index (χ4n) is 7.67. The van der Waals surface area contributed by atoms with Crippen molar-refractivity contribution >= 4 is 76.6 Å². The molecule has 4 nitrogen and oxygen atoms in total. The molecule has 2 aromatic heterocycles. The number of nitrogens with zero attached hydrogens (tertiary/aromatic N) is 2. The van der Waals surface area contributed by atoms with Crippen molar-refractivity contribution in [3.05, 3.63) is 181 Å². The van der Waals surface area contributed by atoms with Gasteiger partial charge in [-0.05, 0) is 52.6 Å². The first-order valence-corrected chi connectivity index (χ1v) is 16.9. The topological polar surface area (TPSA) is 59.7 Å². The quantitative estimate of drug-likeness (QED) is 0.112. The van der Waals surface area contributed by atoms with Crippen molar-refractivity contribution in [2.75, 3.05) is 5.73 Å². The average Bonchev–Trinajstić information content (AvgIpc) is 3.68. The zero-order chi connectivity index (χ0) is 33.8. The highest BCUT2D eigenvalue weighted by molar-refractivity contribution is 6.28. The molecule has 10 aromatic rings. The van der Waals surface area contributed by atoms with Gasteiger partial charge in [0.05, 0.1) is 16.7 Å². The van der Waals surface area contributed by atoms with Gasteiger partial charge in [0.25, 0.3) is 0 Å². The zero-order valence-corrected chi connectivity index (χ0v) is 27.6. The first kappa shape index (κ1) is 29.5. The van der Waals surface area contributed by atoms with Crippen LogP contribution in [-0.4, -0.2) is 14.8 Å². The van der Waals surface area contributed by atoms with Crippen molar-refractivity contribution in [3.8, 4) is 5.69 Å². The van der Waals surface area contributed by atoms with Crippen molar-refractivity contribution in [2.45, 2.75) is 0 Å². The molecular weight excluding hydrogens is 609 g/mol. The van der Waals surface area contributed by atoms with Gasteiger partial charge in [-0.3, -0.25) is 5.41 Å². The summed E-state index contributed by atoms with van der Waals surface area (Å²) < 4.78 is 4.74. The number of aryl methyl sites for hydroxylation is 1. The molecule has 0 spiro atoms. The Hall–Kier alpha value is -6.65. The molecule has 0 aliphatic heterocycles. The molecule has 50 heavy (non-hydrogen) atoms. The lowest BCUT2D eigenvalue weighted by Crippen LogP contribution is -2.04. The fourth-order valence-corrected chi connectivity index (χ4v) is 7.67. The zero-order valence-electron chi connectivity index (χ0n) is 27.6. The summed E-state index contributed by atoms with van der Waals surface area (Å²) >= 11 is 0. The molecule has 0 saturated carbocycles. The van der Waals surface area contributed by atoms with Crippen LogP contribution < -0.4 is 5.73 Å². The van der Waals surface area contributed by atoms with Crippen molar-refractivity contribution in [3.63, 3.8) is 0 Å². The molecule has 0 aliphatic rings. The van der Waals surface area contributed by atoms with E-state index in [0.717, 1.165) is 11.1 Å². The van der Waals surface area contributed by atoms with Gasteiger partial charge in [-0.25, -0.2) is 0 Å². The number of rotatable bonds is 3. The summed E-state index contributed by atoms with van der Waals surface area (Å²) in [5.74, 6) is 0. The number of fused-ring (bicyclic) bond motifs is 11. The van der Waals surface area contributed by atoms with Gasteiger partial charge in [-0.15, -0.1) is 0 Å². The molecule has 3 N–H and O–H groups in total. The maximum atomic E-state index is 8.03. The summed E-state index contributed by atoms with van der Waals surface area (Å²) in [5.41, 5.74) is 14.8. The number of hydrogen-bond acceptors (Lipinski definition) is 2. The number of benzene rings is 8. The number of anilines is 1. The summed E-state index contributed by atoms with van der Waals surface area (Å²) in [6.45, 7) is 0. The minimum absolute atomic E-state index is 0.466. The van der Waals surface area contributed by atoms with Crippen molar-refractivity contribution in [1.82, 2.24) is 9.13 Å². The molecule has 0 amide bonds. The summed E-state index contributed by atoms with van der Waals surface area (Å²) in [7, 11) is 2.17. The largest absolute Gasteiger partial charge is 0.398 e. The van der Waals surface area contributed by atoms with E-state index < -0.39 is 0 Å². The third kappa shape index (κ3) is 4.57. The molecule has 10 rings (SSSR count). The van der Waals surface area contributed by atoms with E-state index in [0.29, 0.717) is 11.4 Å². The highest BCUT2D eigenvalue weighted by Crippen LogP contribution is 2.41. The van der Waals surface area contributed by atoms with E-state index in [1.54, 1.807) is 0 Å². The van der Waals surface area contributed by atoms with Crippen molar-refractivity contribution < 1.29 is 0 Å². The monoisotopic (exact) mass is 642 g/mol. The number of nitrogen functional groups attached to an aromatic ring is 1. The Balaban J connectivity index is 0.000000189. The average molecular weight is 643 g/mol. The van der Waals surface area contributed by atoms with Crippen molar-refractivity contribution in [1.29, 1.82) is 5.41 Å². The Bertz CT molecular complexity index is 2900. The van der Waals surface area contributed by atoms with E-state index in [9.17, 15) is 0 Å². The lowest BCUT2D eigenvalue weighted by molar-refractivity contribution is 1.01. The maximum absolute atomic E-state index is 8.03. The molecule has 2 heterocycles. The number of aromatic nitrogens is 2. The van der Waals surface area contributed by atoms with Crippen LogP contribution in [0, 0.1) is 5.41 Å². The summed E-state index contributed by atoms with van der Waals surface area (Å²) in [5, 5.41) is 18.5. The summed E-state index contributed by atoms with van der Waals surface area (Å²) in [6.07, 6.45) is 0. The van der Waals surface area contributed by atoms with E-state index in [2.05, 4.69) is 131 Å². The first-order valence-electron chi connectivity index (χ1n) is 16.9. The molecule has 0 atom stereocenters. The number of hydrogen-bond donors (Lipinski definition) is 2. The van der Waals surface area contributed by atoms with Gasteiger partial charge < -0.3 is 14.9 Å². The number of nitrogens with two attached hydrogens (primary N) is 1. The van der Waals surface area contributed by atoms with Gasteiger partial charge >= 0.3 is 0 Å². The lowest BCUT2D eigenvalue weighted by Gasteiger charge is -2.12. The Labute approximate surface area is 289 Å². The normalized spacial score (nSPS) is 11.5. The van der Waals surface area contributed by atoms with Crippen LogP contribution in [-0.2, 0) is 7.05 Å². The van der Waals surface area contributed by atoms with Gasteiger partial charge in [0.2, 0.25) is 0 Å². The van der Waals surface area contributed by atoms with Crippen LogP contribution >= 0.6 is 0 Å². The smallest absolute Gasteiger partial charge is 0.0705 e. The molecule has 8 aromatic carbocycles. The summed E-state index contributed by atoms with van der Waals surface area (Å²) in [6, 6.07) is 59.1. The molecule has 0 fully saturated rings. The highest BCUT2D eigenvalue weighted by Gasteiger charge is 2.17. The Kier molecular flexibility index (Phi) is 6.96. The SMILES string of the molecule is Cn1c2ccccc2c2c3ccc4c(ccc5c6ccccc6n(-c6ccccc6)c45)c3ccc21.N=C(c1ccccc1)c1ccccc1N. The first-order chi connectivity index (χ1) is 24.6. The second-order valence-corrected chi connectivity index (χ2v) is 12.8. The summed E-state index contributed by atoms with van der Waals surface area (Å²) in [4.78, 5) is 0. The molecular formula is C46H34N4. The van der Waals surface area contributed by atoms with Crippen molar-refractivity contribution in [2.24, 2.45) is 7.05 Å². The molecule has 0 unspecified atom stereocenters. The van der Waals surface area contributed by atoms with E-state index in [-0.39, 0.29) is 0 Å². The van der Waals surface area contributed by atoms with Gasteiger partial charge in [0, 0.05) is 67.5 Å². The second kappa shape index (κ2) is 11.8. The van der Waals surface area contributed by atoms with Crippen LogP contribution in [0.25, 0.3) is 70.8 Å². The van der Waals surface area contributed by atoms with E-state index >= 15 is 0 Å². The molecule has 0 radical (unpaired) electrons. The standard InChI is InChI=1S/C33H22N2.C13H12N2/c1-34-29-13-7-6-12-28(29)32-25-16-18-26-23(22(25)19-20-31(32)34)15-17-27-24-11-5-8-14-30(24)35(33(26)27)21-9-3-2-4-10-21;14-12-9-5-4-8-11(12)13(15)10-6-2-1-3-7-10/h2-20H,1H3;1-9,15H,14H2. The lowest BCUT2D eigenvalue weighted by atomic mass is 9.96. The van der Waals surface area contributed by atoms with Gasteiger partial charge in [0.15, 0.2) is 0 Å². The van der Waals surface area contributed by atoms with E-state index in [1.807, 2.05) is 54.6 Å². The predicted octanol–water partition coefficient (Wildman–Crippen LogP) is 11.4. The minimum atomic E-state index is 0.466. The van der Waals surface area contributed by atoms with Crippen LogP contribution in [0.15, 0.2) is 170 Å². The third-order valence-electron chi connectivity index (χ3n) is 10.0. The molecule has 0 bridgehead atoms. The number of para-hydroxylation sites is 4. The van der Waals surface area contributed by atoms with E-state index in [4.69, 9.17) is 11.1 Å². The van der Waals surface area contributed by atoms with Crippen LogP contribution in [0.1, 0.15) is 11.1 Å². The predicted molar refractivity (Wildman–Crippen MR) is 213 cm³/mol. The highest BCUT2D eigenvalue weighted by atomic mass is 15.0.